The van der Waals surface area contributed by atoms with E-state index in [4.69, 9.17) is 60.3 Å². The number of carbonyl (C=O) groups excluding carboxylic acids is 1. The Bertz CT molecular complexity index is 1060. The largest absolute Gasteiger partial charge is 0.426 e. The third kappa shape index (κ3) is 2.01. The first kappa shape index (κ1) is 19.3. The van der Waals surface area contributed by atoms with Crippen molar-refractivity contribution in [3.05, 3.63) is 44.9 Å². The van der Waals surface area contributed by atoms with Crippen molar-refractivity contribution in [2.24, 2.45) is 5.92 Å². The zero-order valence-electron chi connectivity index (χ0n) is 14.1. The zero-order chi connectivity index (χ0) is 19.8. The van der Waals surface area contributed by atoms with Gasteiger partial charge in [0, 0.05) is 14.2 Å². The number of carbonyl (C=O) groups is 1. The van der Waals surface area contributed by atoms with Crippen LogP contribution in [0.4, 0.5) is 0 Å². The summed E-state index contributed by atoms with van der Waals surface area (Å²) in [5.74, 6) is -4.21. The van der Waals surface area contributed by atoms with E-state index < -0.39 is 33.1 Å². The molecule has 0 unspecified atom stereocenters. The van der Waals surface area contributed by atoms with Crippen molar-refractivity contribution in [2.45, 2.75) is 22.0 Å². The monoisotopic (exact) mass is 451 g/mol. The fourth-order valence-electron chi connectivity index (χ4n) is 4.23. The number of nitrogens with zero attached hydrogens (tertiary/aromatic N) is 1. The van der Waals surface area contributed by atoms with Crippen molar-refractivity contribution in [3.63, 3.8) is 0 Å². The number of para-hydroxylation sites is 2. The number of ether oxygens (including phenoxy) is 2. The van der Waals surface area contributed by atoms with Gasteiger partial charge in [-0.1, -0.05) is 35.3 Å². The summed E-state index contributed by atoms with van der Waals surface area (Å²) in [6.45, 7) is 0. The van der Waals surface area contributed by atoms with Gasteiger partial charge < -0.3 is 13.9 Å². The van der Waals surface area contributed by atoms with Crippen LogP contribution in [-0.2, 0) is 9.47 Å². The maximum absolute atomic E-state index is 13.4. The molecule has 1 saturated carbocycles. The lowest BCUT2D eigenvalue weighted by molar-refractivity contribution is -0.218. The summed E-state index contributed by atoms with van der Waals surface area (Å²) in [5.41, 5.74) is 0.582. The first-order chi connectivity index (χ1) is 12.7. The van der Waals surface area contributed by atoms with Crippen LogP contribution in [0.2, 0.25) is 0 Å². The Morgan fingerprint density at radius 2 is 1.81 bits per heavy atom. The predicted octanol–water partition coefficient (Wildman–Crippen LogP) is 3.90. The van der Waals surface area contributed by atoms with Gasteiger partial charge in [0.25, 0.3) is 0 Å². The molecule has 4 rings (SSSR count). The van der Waals surface area contributed by atoms with Gasteiger partial charge >= 0.3 is 5.76 Å². The van der Waals surface area contributed by atoms with E-state index >= 15 is 0 Å². The van der Waals surface area contributed by atoms with Gasteiger partial charge in [0.05, 0.1) is 21.5 Å². The highest BCUT2D eigenvalue weighted by atomic mass is 35.5. The van der Waals surface area contributed by atoms with Crippen LogP contribution >= 0.6 is 46.4 Å². The molecule has 1 aromatic heterocycles. The Balaban J connectivity index is 1.93. The van der Waals surface area contributed by atoms with Crippen LogP contribution in [0, 0.1) is 5.92 Å². The van der Waals surface area contributed by atoms with E-state index in [2.05, 4.69) is 0 Å². The van der Waals surface area contributed by atoms with E-state index in [-0.39, 0.29) is 22.1 Å². The molecule has 2 aromatic rings. The predicted molar refractivity (Wildman–Crippen MR) is 102 cm³/mol. The van der Waals surface area contributed by atoms with Crippen LogP contribution in [-0.4, -0.2) is 40.2 Å². The molecule has 0 radical (unpaired) electrons. The molecule has 1 aromatic carbocycles. The summed E-state index contributed by atoms with van der Waals surface area (Å²) < 4.78 is 17.1. The third-order valence-electron chi connectivity index (χ3n) is 5.41. The highest BCUT2D eigenvalue weighted by molar-refractivity contribution is 6.52. The molecule has 2 aliphatic carbocycles. The average Bonchev–Trinajstić information content (AvgIpc) is 3.13. The number of rotatable bonds is 3. The molecule has 2 aliphatic rings. The fraction of sp³-hybridized carbons (Fsp3) is 0.412. The second kappa shape index (κ2) is 5.99. The van der Waals surface area contributed by atoms with E-state index in [9.17, 15) is 9.59 Å². The number of fused-ring (bicyclic) bond motifs is 3. The van der Waals surface area contributed by atoms with Crippen LogP contribution in [0.15, 0.2) is 43.5 Å². The number of aromatic nitrogens is 1. The number of benzene rings is 1. The molecule has 2 bridgehead atoms. The number of hydrogen-bond donors (Lipinski definition) is 0. The topological polar surface area (TPSA) is 70.7 Å². The molecule has 27 heavy (non-hydrogen) atoms. The first-order valence-corrected chi connectivity index (χ1v) is 9.40. The zero-order valence-corrected chi connectivity index (χ0v) is 17.1. The van der Waals surface area contributed by atoms with Crippen molar-refractivity contribution < 1.29 is 18.7 Å². The molecule has 0 aliphatic heterocycles. The Morgan fingerprint density at radius 1 is 1.19 bits per heavy atom. The summed E-state index contributed by atoms with van der Waals surface area (Å²) in [5, 5.41) is 0.00737. The summed E-state index contributed by atoms with van der Waals surface area (Å²) in [6, 6.07) is 6.54. The van der Waals surface area contributed by atoms with E-state index in [0.29, 0.717) is 5.52 Å². The Kier molecular flexibility index (Phi) is 4.28. The number of methoxy groups -OCH3 is 2. The number of halogens is 4. The summed E-state index contributed by atoms with van der Waals surface area (Å²) >= 11 is 26.3. The fourth-order valence-corrected chi connectivity index (χ4v) is 6.28. The van der Waals surface area contributed by atoms with Gasteiger partial charge in [0.1, 0.15) is 9.75 Å². The van der Waals surface area contributed by atoms with Gasteiger partial charge in [-0.2, -0.15) is 0 Å². The minimum absolute atomic E-state index is 0.0421. The summed E-state index contributed by atoms with van der Waals surface area (Å²) in [7, 11) is 2.67. The number of hydrogen-bond acceptors (Lipinski definition) is 5. The Hall–Kier alpha value is -1.02. The Labute approximate surface area is 173 Å². The maximum Gasteiger partial charge on any atom is 0.426 e. The Morgan fingerprint density at radius 3 is 2.41 bits per heavy atom. The van der Waals surface area contributed by atoms with Crippen molar-refractivity contribution in [3.8, 4) is 0 Å². The molecule has 0 spiro atoms. The number of oxazole rings is 1. The van der Waals surface area contributed by atoms with Gasteiger partial charge in [-0.15, -0.1) is 23.2 Å². The van der Waals surface area contributed by atoms with E-state index in [1.165, 1.54) is 14.2 Å². The molecule has 1 fully saturated rings. The molecular weight excluding hydrogens is 440 g/mol. The van der Waals surface area contributed by atoms with E-state index in [1.807, 2.05) is 0 Å². The van der Waals surface area contributed by atoms with Crippen LogP contribution < -0.4 is 5.76 Å². The molecule has 0 N–H and O–H groups in total. The molecule has 6 nitrogen and oxygen atoms in total. The number of alkyl halides is 2. The quantitative estimate of drug-likeness (QED) is 0.521. The van der Waals surface area contributed by atoms with Crippen molar-refractivity contribution in [1.82, 2.24) is 4.57 Å². The lowest BCUT2D eigenvalue weighted by Crippen LogP contribution is -2.58. The van der Waals surface area contributed by atoms with Crippen molar-refractivity contribution >= 4 is 63.4 Å². The van der Waals surface area contributed by atoms with Gasteiger partial charge in [-0.05, 0) is 18.6 Å². The standard InChI is InChI=1S/C17H13Cl4NO5/c1-25-17(26-2)15(20)7-8(16(17,21)12(19)11(15)18)13(23)22-9-5-3-4-6-10(9)27-14(22)24/h3-6,8H,7H2,1-2H3/t8-,15-,16+/m0/s1. The molecule has 0 saturated heterocycles. The lowest BCUT2D eigenvalue weighted by Gasteiger charge is -2.40. The molecule has 0 amide bonds. The van der Waals surface area contributed by atoms with Gasteiger partial charge in [0.15, 0.2) is 5.58 Å². The van der Waals surface area contributed by atoms with Gasteiger partial charge in [0.2, 0.25) is 11.7 Å². The second-order valence-corrected chi connectivity index (χ2v) is 8.43. The summed E-state index contributed by atoms with van der Waals surface area (Å²) in [6.07, 6.45) is -0.0421. The van der Waals surface area contributed by atoms with Crippen LogP contribution in [0.5, 0.6) is 0 Å². The lowest BCUT2D eigenvalue weighted by atomic mass is 9.90. The highest BCUT2D eigenvalue weighted by Crippen LogP contribution is 2.71. The SMILES string of the molecule is COC1(OC)[C@]2(Cl)C[C@@H](C(=O)n3c(=O)oc4ccccc43)[C@@]1(Cl)C(Cl)=C2Cl. The molecule has 144 valence electrons. The highest BCUT2D eigenvalue weighted by Gasteiger charge is 2.82. The first-order valence-electron chi connectivity index (χ1n) is 7.88. The minimum Gasteiger partial charge on any atom is -0.407 e. The third-order valence-corrected chi connectivity index (χ3v) is 7.99. The normalized spacial score (nSPS) is 31.9. The smallest absolute Gasteiger partial charge is 0.407 e. The van der Waals surface area contributed by atoms with Crippen LogP contribution in [0.25, 0.3) is 11.1 Å². The van der Waals surface area contributed by atoms with Crippen molar-refractivity contribution in [1.29, 1.82) is 0 Å². The molecular formula is C17H13Cl4NO5. The van der Waals surface area contributed by atoms with Gasteiger partial charge in [-0.25, -0.2) is 9.36 Å². The second-order valence-electron chi connectivity index (χ2n) is 6.43. The van der Waals surface area contributed by atoms with E-state index in [1.54, 1.807) is 24.3 Å². The van der Waals surface area contributed by atoms with Crippen LogP contribution in [0.3, 0.4) is 0 Å². The summed E-state index contributed by atoms with van der Waals surface area (Å²) in [4.78, 5) is 22.5. The molecule has 3 atom stereocenters. The van der Waals surface area contributed by atoms with Crippen LogP contribution in [0.1, 0.15) is 11.2 Å². The van der Waals surface area contributed by atoms with Crippen molar-refractivity contribution in [2.75, 3.05) is 14.2 Å². The minimum atomic E-state index is -1.72. The molecule has 10 heteroatoms. The average molecular weight is 453 g/mol. The molecule has 1 heterocycles. The van der Waals surface area contributed by atoms with Gasteiger partial charge in [-0.3, -0.25) is 4.79 Å². The van der Waals surface area contributed by atoms with E-state index in [0.717, 1.165) is 4.57 Å². The maximum atomic E-state index is 13.4.